The lowest BCUT2D eigenvalue weighted by Crippen LogP contribution is -2.44. The van der Waals surface area contributed by atoms with Gasteiger partial charge in [-0.15, -0.1) is 12.4 Å². The molecule has 1 aromatic carbocycles. The molecule has 0 radical (unpaired) electrons. The van der Waals surface area contributed by atoms with Crippen LogP contribution in [0, 0.1) is 0 Å². The number of benzene rings is 1. The van der Waals surface area contributed by atoms with Gasteiger partial charge in [0.2, 0.25) is 0 Å². The van der Waals surface area contributed by atoms with E-state index in [2.05, 4.69) is 10.1 Å². The summed E-state index contributed by atoms with van der Waals surface area (Å²) in [5.41, 5.74) is 6.74. The number of hydrogen-bond donors (Lipinski definition) is 1. The van der Waals surface area contributed by atoms with Gasteiger partial charge in [-0.1, -0.05) is 11.2 Å². The number of nitrogens with zero attached hydrogens (tertiary/aromatic N) is 2. The SMILES string of the molecule is COc1cc(/C=C/c2nc(C3(N)CCC3)no2)ccc1OC(C)C.Cl. The predicted octanol–water partition coefficient (Wildman–Crippen LogP) is 3.80. The number of ether oxygens (including phenoxy) is 2. The highest BCUT2D eigenvalue weighted by molar-refractivity contribution is 5.85. The fourth-order valence-electron chi connectivity index (χ4n) is 2.59. The molecule has 1 saturated carbocycles. The molecule has 3 rings (SSSR count). The summed E-state index contributed by atoms with van der Waals surface area (Å²) in [5.74, 6) is 2.45. The first-order chi connectivity index (χ1) is 11.5. The van der Waals surface area contributed by atoms with Crippen molar-refractivity contribution >= 4 is 24.6 Å². The maximum Gasteiger partial charge on any atom is 0.250 e. The molecule has 25 heavy (non-hydrogen) atoms. The molecule has 1 aliphatic rings. The van der Waals surface area contributed by atoms with Crippen molar-refractivity contribution in [2.45, 2.75) is 44.8 Å². The van der Waals surface area contributed by atoms with Crippen LogP contribution in [0.15, 0.2) is 22.7 Å². The van der Waals surface area contributed by atoms with Crippen molar-refractivity contribution in [2.75, 3.05) is 7.11 Å². The molecule has 1 aromatic heterocycles. The van der Waals surface area contributed by atoms with E-state index in [1.165, 1.54) is 0 Å². The predicted molar refractivity (Wildman–Crippen MR) is 98.9 cm³/mol. The van der Waals surface area contributed by atoms with Gasteiger partial charge in [0, 0.05) is 6.08 Å². The minimum absolute atomic E-state index is 0. The minimum Gasteiger partial charge on any atom is -0.493 e. The van der Waals surface area contributed by atoms with Crippen LogP contribution >= 0.6 is 12.4 Å². The van der Waals surface area contributed by atoms with Crippen LogP contribution in [-0.4, -0.2) is 23.4 Å². The van der Waals surface area contributed by atoms with Gasteiger partial charge in [-0.2, -0.15) is 4.98 Å². The molecule has 0 aliphatic heterocycles. The van der Waals surface area contributed by atoms with Gasteiger partial charge in [0.05, 0.1) is 18.8 Å². The fraction of sp³-hybridized carbons (Fsp3) is 0.444. The number of halogens is 1. The highest BCUT2D eigenvalue weighted by atomic mass is 35.5. The first-order valence-electron chi connectivity index (χ1n) is 8.16. The normalized spacial score (nSPS) is 15.7. The van der Waals surface area contributed by atoms with Crippen molar-refractivity contribution in [3.05, 3.63) is 35.5 Å². The minimum atomic E-state index is -0.408. The molecule has 6 nitrogen and oxygen atoms in total. The van der Waals surface area contributed by atoms with E-state index >= 15 is 0 Å². The lowest BCUT2D eigenvalue weighted by Gasteiger charge is -2.34. The van der Waals surface area contributed by atoms with Crippen molar-refractivity contribution < 1.29 is 14.0 Å². The second-order valence-electron chi connectivity index (χ2n) is 6.38. The van der Waals surface area contributed by atoms with Gasteiger partial charge in [-0.05, 0) is 56.9 Å². The maximum absolute atomic E-state index is 6.20. The van der Waals surface area contributed by atoms with E-state index in [9.17, 15) is 0 Å². The smallest absolute Gasteiger partial charge is 0.250 e. The van der Waals surface area contributed by atoms with Crippen molar-refractivity contribution in [1.29, 1.82) is 0 Å². The van der Waals surface area contributed by atoms with Crippen LogP contribution in [-0.2, 0) is 5.54 Å². The zero-order chi connectivity index (χ0) is 17.2. The number of methoxy groups -OCH3 is 1. The molecule has 1 fully saturated rings. The maximum atomic E-state index is 6.20. The van der Waals surface area contributed by atoms with E-state index in [1.807, 2.05) is 38.1 Å². The summed E-state index contributed by atoms with van der Waals surface area (Å²) >= 11 is 0. The van der Waals surface area contributed by atoms with Gasteiger partial charge < -0.3 is 19.7 Å². The van der Waals surface area contributed by atoms with Crippen LogP contribution in [0.4, 0.5) is 0 Å². The molecule has 0 spiro atoms. The Kier molecular flexibility index (Phi) is 6.08. The van der Waals surface area contributed by atoms with E-state index in [0.717, 1.165) is 30.6 Å². The van der Waals surface area contributed by atoms with Crippen LogP contribution in [0.25, 0.3) is 12.2 Å². The highest BCUT2D eigenvalue weighted by Crippen LogP contribution is 2.37. The quantitative estimate of drug-likeness (QED) is 0.838. The molecule has 0 amide bonds. The van der Waals surface area contributed by atoms with E-state index in [0.29, 0.717) is 17.5 Å². The largest absolute Gasteiger partial charge is 0.493 e. The van der Waals surface area contributed by atoms with E-state index in [4.69, 9.17) is 19.7 Å². The van der Waals surface area contributed by atoms with Crippen LogP contribution in [0.2, 0.25) is 0 Å². The third-order valence-corrected chi connectivity index (χ3v) is 4.10. The molecule has 0 bridgehead atoms. The molecule has 0 atom stereocenters. The highest BCUT2D eigenvalue weighted by Gasteiger charge is 2.38. The Morgan fingerprint density at radius 1 is 1.24 bits per heavy atom. The summed E-state index contributed by atoms with van der Waals surface area (Å²) < 4.78 is 16.4. The van der Waals surface area contributed by atoms with E-state index < -0.39 is 5.54 Å². The molecule has 0 saturated heterocycles. The van der Waals surface area contributed by atoms with Crippen molar-refractivity contribution in [3.63, 3.8) is 0 Å². The Morgan fingerprint density at radius 2 is 2.00 bits per heavy atom. The Bertz CT molecular complexity index is 739. The Labute approximate surface area is 153 Å². The van der Waals surface area contributed by atoms with Gasteiger partial charge in [0.15, 0.2) is 17.3 Å². The Morgan fingerprint density at radius 3 is 2.60 bits per heavy atom. The zero-order valence-corrected chi connectivity index (χ0v) is 15.5. The average molecular weight is 366 g/mol. The Balaban J connectivity index is 0.00000225. The molecule has 1 aliphatic carbocycles. The molecule has 0 unspecified atom stereocenters. The molecule has 136 valence electrons. The summed E-state index contributed by atoms with van der Waals surface area (Å²) in [6, 6.07) is 5.74. The van der Waals surface area contributed by atoms with Gasteiger partial charge in [-0.25, -0.2) is 0 Å². The molecule has 1 heterocycles. The van der Waals surface area contributed by atoms with Gasteiger partial charge in [0.1, 0.15) is 0 Å². The third kappa shape index (κ3) is 4.32. The number of rotatable bonds is 6. The Hall–Kier alpha value is -2.05. The topological polar surface area (TPSA) is 83.4 Å². The molecule has 2 aromatic rings. The monoisotopic (exact) mass is 365 g/mol. The lowest BCUT2D eigenvalue weighted by molar-refractivity contribution is 0.229. The van der Waals surface area contributed by atoms with E-state index in [1.54, 1.807) is 13.2 Å². The van der Waals surface area contributed by atoms with Crippen molar-refractivity contribution in [1.82, 2.24) is 10.1 Å². The molecule has 7 heteroatoms. The van der Waals surface area contributed by atoms with Crippen molar-refractivity contribution in [2.24, 2.45) is 5.73 Å². The van der Waals surface area contributed by atoms with Crippen LogP contribution in [0.3, 0.4) is 0 Å². The molecule has 2 N–H and O–H groups in total. The zero-order valence-electron chi connectivity index (χ0n) is 14.7. The number of aromatic nitrogens is 2. The summed E-state index contributed by atoms with van der Waals surface area (Å²) in [6.07, 6.45) is 6.68. The van der Waals surface area contributed by atoms with Gasteiger partial charge in [-0.3, -0.25) is 0 Å². The fourth-order valence-corrected chi connectivity index (χ4v) is 2.59. The summed E-state index contributed by atoms with van der Waals surface area (Å²) in [5, 5.41) is 4.00. The van der Waals surface area contributed by atoms with Crippen LogP contribution < -0.4 is 15.2 Å². The van der Waals surface area contributed by atoms with E-state index in [-0.39, 0.29) is 18.5 Å². The third-order valence-electron chi connectivity index (χ3n) is 4.10. The summed E-state index contributed by atoms with van der Waals surface area (Å²) in [4.78, 5) is 4.37. The number of nitrogens with two attached hydrogens (primary N) is 1. The lowest BCUT2D eigenvalue weighted by atomic mass is 9.77. The first kappa shape index (κ1) is 19.3. The molecular formula is C18H24ClN3O3. The average Bonchev–Trinajstić information content (AvgIpc) is 3.00. The number of hydrogen-bond acceptors (Lipinski definition) is 6. The van der Waals surface area contributed by atoms with Crippen molar-refractivity contribution in [3.8, 4) is 11.5 Å². The second-order valence-corrected chi connectivity index (χ2v) is 6.38. The first-order valence-corrected chi connectivity index (χ1v) is 8.16. The standard InChI is InChI=1S/C18H23N3O3.ClH/c1-12(2)23-14-7-5-13(11-15(14)22-3)6-8-16-20-17(21-24-16)18(19)9-4-10-18;/h5-8,11-12H,4,9-10,19H2,1-3H3;1H/b8-6+;. The van der Waals surface area contributed by atoms with Gasteiger partial charge >= 0.3 is 0 Å². The van der Waals surface area contributed by atoms with Crippen LogP contribution in [0.5, 0.6) is 11.5 Å². The molecular weight excluding hydrogens is 342 g/mol. The van der Waals surface area contributed by atoms with Crippen LogP contribution in [0.1, 0.15) is 50.4 Å². The second kappa shape index (κ2) is 7.89. The van der Waals surface area contributed by atoms with Gasteiger partial charge in [0.25, 0.3) is 5.89 Å². The summed E-state index contributed by atoms with van der Waals surface area (Å²) in [7, 11) is 1.62. The summed E-state index contributed by atoms with van der Waals surface area (Å²) in [6.45, 7) is 3.96.